The summed E-state index contributed by atoms with van der Waals surface area (Å²) in [5.74, 6) is 0.161. The van der Waals surface area contributed by atoms with Crippen molar-refractivity contribution < 1.29 is 9.53 Å². The fourth-order valence-electron chi connectivity index (χ4n) is 1.50. The Labute approximate surface area is 87.6 Å². The molecule has 4 heteroatoms. The van der Waals surface area contributed by atoms with E-state index in [4.69, 9.17) is 4.74 Å². The molecule has 0 aromatic heterocycles. The monoisotopic (exact) mass is 294 g/mol. The lowest BCUT2D eigenvalue weighted by molar-refractivity contribution is -0.130. The third-order valence-electron chi connectivity index (χ3n) is 2.33. The van der Waals surface area contributed by atoms with E-state index < -0.39 is 4.32 Å². The number of ether oxygens (including phenoxy) is 1. The quantitative estimate of drug-likeness (QED) is 0.503. The Kier molecular flexibility index (Phi) is 1.97. The molecule has 1 fully saturated rings. The second-order valence-corrected chi connectivity index (χ2v) is 5.88. The number of Topliss-reactive ketones (excluding diaryl/α,β-unsaturated/α-hetero) is 1. The van der Waals surface area contributed by atoms with E-state index in [0.29, 0.717) is 0 Å². The Bertz CT molecular complexity index is 260. The van der Waals surface area contributed by atoms with Crippen LogP contribution in [0.1, 0.15) is 6.92 Å². The van der Waals surface area contributed by atoms with Crippen molar-refractivity contribution in [2.45, 2.75) is 28.3 Å². The number of ketones is 1. The number of hydrogen-bond donors (Lipinski definition) is 0. The van der Waals surface area contributed by atoms with E-state index in [1.165, 1.54) is 0 Å². The maximum atomic E-state index is 11.7. The first-order chi connectivity index (χ1) is 5.53. The molecule has 1 saturated heterocycles. The van der Waals surface area contributed by atoms with Gasteiger partial charge < -0.3 is 4.74 Å². The van der Waals surface area contributed by atoms with E-state index in [2.05, 4.69) is 31.9 Å². The highest BCUT2D eigenvalue weighted by Crippen LogP contribution is 2.40. The Morgan fingerprint density at radius 3 is 2.92 bits per heavy atom. The van der Waals surface area contributed by atoms with Crippen molar-refractivity contribution in [2.24, 2.45) is 0 Å². The summed E-state index contributed by atoms with van der Waals surface area (Å²) >= 11 is 6.72. The predicted octanol–water partition coefficient (Wildman–Crippen LogP) is 1.81. The molecular weight excluding hydrogens is 288 g/mol. The van der Waals surface area contributed by atoms with Gasteiger partial charge in [0, 0.05) is 0 Å². The first kappa shape index (κ1) is 8.91. The molecule has 66 valence electrons. The molecule has 0 saturated carbocycles. The summed E-state index contributed by atoms with van der Waals surface area (Å²) in [5, 5.41) is 0. The molecule has 2 aliphatic heterocycles. The minimum absolute atomic E-state index is 0.0758. The van der Waals surface area contributed by atoms with Crippen LogP contribution in [0.4, 0.5) is 0 Å². The molecule has 0 spiro atoms. The van der Waals surface area contributed by atoms with Gasteiger partial charge in [0.05, 0.1) is 12.2 Å². The number of halogens is 2. The van der Waals surface area contributed by atoms with Crippen molar-refractivity contribution in [1.29, 1.82) is 0 Å². The van der Waals surface area contributed by atoms with Gasteiger partial charge in [0.15, 0.2) is 5.78 Å². The van der Waals surface area contributed by atoms with Crippen molar-refractivity contribution in [1.82, 2.24) is 0 Å². The van der Waals surface area contributed by atoms with Gasteiger partial charge in [-0.3, -0.25) is 4.79 Å². The van der Waals surface area contributed by atoms with Crippen molar-refractivity contribution in [3.8, 4) is 0 Å². The van der Waals surface area contributed by atoms with Gasteiger partial charge in [-0.2, -0.15) is 0 Å². The van der Waals surface area contributed by atoms with Crippen LogP contribution in [0.15, 0.2) is 12.2 Å². The third-order valence-corrected chi connectivity index (χ3v) is 4.11. The summed E-state index contributed by atoms with van der Waals surface area (Å²) in [6, 6.07) is 0. The van der Waals surface area contributed by atoms with E-state index >= 15 is 0 Å². The summed E-state index contributed by atoms with van der Waals surface area (Å²) in [5.41, 5.74) is 0. The second kappa shape index (κ2) is 2.66. The molecular formula is C8H8Br2O2. The van der Waals surface area contributed by atoms with Crippen LogP contribution in [-0.4, -0.2) is 27.1 Å². The molecule has 0 aromatic rings. The molecule has 2 rings (SSSR count). The number of fused-ring (bicyclic) bond motifs is 2. The molecule has 12 heavy (non-hydrogen) atoms. The van der Waals surface area contributed by atoms with Crippen LogP contribution in [0.3, 0.4) is 0 Å². The molecule has 0 radical (unpaired) electrons. The largest absolute Gasteiger partial charge is 0.363 e. The summed E-state index contributed by atoms with van der Waals surface area (Å²) in [6.45, 7) is 1.85. The highest BCUT2D eigenvalue weighted by Gasteiger charge is 2.51. The maximum absolute atomic E-state index is 11.7. The molecule has 2 nitrogen and oxygen atoms in total. The van der Waals surface area contributed by atoms with E-state index in [-0.39, 0.29) is 22.8 Å². The van der Waals surface area contributed by atoms with Gasteiger partial charge in [0.1, 0.15) is 9.15 Å². The molecule has 0 amide bonds. The normalized spacial score (nSPS) is 51.6. The molecule has 0 aliphatic carbocycles. The summed E-state index contributed by atoms with van der Waals surface area (Å²) in [7, 11) is 0. The smallest absolute Gasteiger partial charge is 0.168 e. The van der Waals surface area contributed by atoms with Crippen LogP contribution in [0.2, 0.25) is 0 Å². The fraction of sp³-hybridized carbons (Fsp3) is 0.625. The highest BCUT2D eigenvalue weighted by atomic mass is 79.9. The molecule has 2 heterocycles. The van der Waals surface area contributed by atoms with Crippen LogP contribution in [0.25, 0.3) is 0 Å². The van der Waals surface area contributed by atoms with Crippen LogP contribution >= 0.6 is 31.9 Å². The zero-order valence-electron chi connectivity index (χ0n) is 6.46. The summed E-state index contributed by atoms with van der Waals surface area (Å²) in [6.07, 6.45) is 3.70. The van der Waals surface area contributed by atoms with Gasteiger partial charge in [-0.25, -0.2) is 0 Å². The lowest BCUT2D eigenvalue weighted by Gasteiger charge is -2.35. The van der Waals surface area contributed by atoms with Gasteiger partial charge in [0.2, 0.25) is 0 Å². The van der Waals surface area contributed by atoms with Crippen molar-refractivity contribution in [2.75, 3.05) is 0 Å². The number of alkyl halides is 2. The number of hydrogen-bond acceptors (Lipinski definition) is 2. The second-order valence-electron chi connectivity index (χ2n) is 3.25. The number of carbonyl (C=O) groups excluding carboxylic acids is 1. The first-order valence-electron chi connectivity index (χ1n) is 3.74. The fourth-order valence-corrected chi connectivity index (χ4v) is 3.10. The Morgan fingerprint density at radius 1 is 1.58 bits per heavy atom. The number of carbonyl (C=O) groups is 1. The van der Waals surface area contributed by atoms with Gasteiger partial charge in [-0.1, -0.05) is 44.0 Å². The Balaban J connectivity index is 2.38. The van der Waals surface area contributed by atoms with Crippen molar-refractivity contribution >= 4 is 37.6 Å². The average Bonchev–Trinajstić information content (AvgIpc) is 2.46. The van der Waals surface area contributed by atoms with E-state index in [0.717, 1.165) is 0 Å². The van der Waals surface area contributed by atoms with Gasteiger partial charge in [0.25, 0.3) is 0 Å². The molecule has 2 aliphatic rings. The Morgan fingerprint density at radius 2 is 2.25 bits per heavy atom. The minimum Gasteiger partial charge on any atom is -0.363 e. The van der Waals surface area contributed by atoms with E-state index in [1.807, 2.05) is 19.1 Å². The minimum atomic E-state index is -0.565. The van der Waals surface area contributed by atoms with Crippen LogP contribution < -0.4 is 0 Å². The molecule has 0 aromatic carbocycles. The Hall–Kier alpha value is 0.330. The molecule has 4 atom stereocenters. The van der Waals surface area contributed by atoms with Crippen molar-refractivity contribution in [3.05, 3.63) is 12.2 Å². The van der Waals surface area contributed by atoms with Gasteiger partial charge >= 0.3 is 0 Å². The average molecular weight is 296 g/mol. The van der Waals surface area contributed by atoms with Crippen LogP contribution in [0.5, 0.6) is 0 Å². The lowest BCUT2D eigenvalue weighted by atomic mass is 9.95. The maximum Gasteiger partial charge on any atom is 0.168 e. The summed E-state index contributed by atoms with van der Waals surface area (Å²) < 4.78 is 5.00. The van der Waals surface area contributed by atoms with E-state index in [9.17, 15) is 4.79 Å². The first-order valence-corrected chi connectivity index (χ1v) is 5.45. The standard InChI is InChI=1S/C8H8Br2O2/c1-8(10)5-3-2-4(12-5)6(9)7(8)11/h2-6H,1H3/t4-,5+,6+,8+/m1/s1. The third kappa shape index (κ3) is 1.05. The van der Waals surface area contributed by atoms with Crippen LogP contribution in [-0.2, 0) is 9.53 Å². The highest BCUT2D eigenvalue weighted by molar-refractivity contribution is 9.11. The molecule has 0 unspecified atom stereocenters. The zero-order chi connectivity index (χ0) is 8.93. The van der Waals surface area contributed by atoms with Crippen molar-refractivity contribution in [3.63, 3.8) is 0 Å². The van der Waals surface area contributed by atoms with Gasteiger partial charge in [-0.05, 0) is 6.92 Å². The lowest BCUT2D eigenvalue weighted by Crippen LogP contribution is -2.52. The molecule has 2 bridgehead atoms. The predicted molar refractivity (Wildman–Crippen MR) is 52.9 cm³/mol. The summed E-state index contributed by atoms with van der Waals surface area (Å²) in [4.78, 5) is 11.5. The SMILES string of the molecule is C[C@@]1(Br)C(=O)[C@@H](Br)[C@H]2C=C[C@@H]1O2. The van der Waals surface area contributed by atoms with E-state index in [1.54, 1.807) is 0 Å². The topological polar surface area (TPSA) is 26.3 Å². The zero-order valence-corrected chi connectivity index (χ0v) is 9.63. The van der Waals surface area contributed by atoms with Crippen LogP contribution in [0, 0.1) is 0 Å². The molecule has 0 N–H and O–H groups in total. The van der Waals surface area contributed by atoms with Gasteiger partial charge in [-0.15, -0.1) is 0 Å². The number of rotatable bonds is 0.